The van der Waals surface area contributed by atoms with E-state index in [-0.39, 0.29) is 41.6 Å². The number of aliphatic hydroxyl groups excluding tert-OH is 1. The molecule has 192 valence electrons. The number of aliphatic hydroxyl groups is 1. The number of fused-ring (bicyclic) bond motifs is 1. The monoisotopic (exact) mass is 505 g/mol. The zero-order chi connectivity index (χ0) is 25.4. The maximum Gasteiger partial charge on any atom is 0.434 e. The highest BCUT2D eigenvalue weighted by Gasteiger charge is 2.43. The first-order valence-corrected chi connectivity index (χ1v) is 12.0. The van der Waals surface area contributed by atoms with Crippen LogP contribution in [0.25, 0.3) is 5.65 Å². The van der Waals surface area contributed by atoms with Gasteiger partial charge in [-0.2, -0.15) is 13.2 Å². The average molecular weight is 506 g/mol. The molecule has 3 N–H and O–H groups in total. The van der Waals surface area contributed by atoms with Gasteiger partial charge in [-0.3, -0.25) is 4.40 Å². The van der Waals surface area contributed by atoms with Crippen molar-refractivity contribution in [1.82, 2.24) is 19.6 Å². The van der Waals surface area contributed by atoms with Gasteiger partial charge in [0.15, 0.2) is 5.69 Å². The number of imidazole rings is 1. The van der Waals surface area contributed by atoms with Crippen LogP contribution in [0.1, 0.15) is 43.0 Å². The lowest BCUT2D eigenvalue weighted by Crippen LogP contribution is -2.59. The molecular weight excluding hydrogens is 478 g/mol. The minimum absolute atomic E-state index is 0.00591. The van der Waals surface area contributed by atoms with Crippen LogP contribution in [0.2, 0.25) is 0 Å². The molecule has 3 aromatic rings. The Morgan fingerprint density at radius 3 is 2.50 bits per heavy atom. The number of aromatic nitrogens is 2. The van der Waals surface area contributed by atoms with Gasteiger partial charge in [0.05, 0.1) is 12.1 Å². The van der Waals surface area contributed by atoms with Crippen molar-refractivity contribution in [3.63, 3.8) is 0 Å². The second-order valence-corrected chi connectivity index (χ2v) is 9.51. The summed E-state index contributed by atoms with van der Waals surface area (Å²) < 4.78 is 54.3. The maximum absolute atomic E-state index is 13.6. The summed E-state index contributed by atoms with van der Waals surface area (Å²) >= 11 is 0. The highest BCUT2D eigenvalue weighted by atomic mass is 19.4. The third-order valence-corrected chi connectivity index (χ3v) is 7.04. The standard InChI is InChI=1S/C25H27F4N5O2/c26-17-6-4-15(5-7-17)23-16(13-34(23)24(36)31-18-8-10-19(35)11-9-18)12-30-21-2-1-3-22-32-20(14-33(21)22)25(27,28)29/h1-7,14,16,18-19,23,30,35H,8-13H2,(H,31,36). The van der Waals surface area contributed by atoms with E-state index in [1.807, 2.05) is 0 Å². The number of hydrogen-bond donors (Lipinski definition) is 3. The van der Waals surface area contributed by atoms with Crippen LogP contribution < -0.4 is 10.6 Å². The molecule has 1 aliphatic heterocycles. The SMILES string of the molecule is O=C(NC1CCC(O)CC1)N1CC(CNc2cccc3nc(C(F)(F)F)cn23)C1c1ccc(F)cc1. The molecule has 36 heavy (non-hydrogen) atoms. The lowest BCUT2D eigenvalue weighted by Gasteiger charge is -2.49. The molecule has 2 aliphatic rings. The first-order valence-electron chi connectivity index (χ1n) is 12.0. The minimum Gasteiger partial charge on any atom is -0.393 e. The molecule has 2 unspecified atom stereocenters. The molecule has 2 aromatic heterocycles. The Balaban J connectivity index is 1.31. The van der Waals surface area contributed by atoms with E-state index in [0.717, 1.165) is 11.8 Å². The Kier molecular flexibility index (Phi) is 6.50. The highest BCUT2D eigenvalue weighted by Crippen LogP contribution is 2.39. The molecule has 2 amide bonds. The first kappa shape index (κ1) is 24.4. The van der Waals surface area contributed by atoms with Gasteiger partial charge >= 0.3 is 12.2 Å². The third kappa shape index (κ3) is 4.97. The smallest absolute Gasteiger partial charge is 0.393 e. The van der Waals surface area contributed by atoms with Crippen molar-refractivity contribution in [3.05, 3.63) is 65.7 Å². The number of pyridine rings is 1. The van der Waals surface area contributed by atoms with Gasteiger partial charge in [0.1, 0.15) is 17.3 Å². The summed E-state index contributed by atoms with van der Waals surface area (Å²) in [6.45, 7) is 0.823. The molecule has 1 saturated heterocycles. The van der Waals surface area contributed by atoms with E-state index < -0.39 is 11.9 Å². The fourth-order valence-corrected chi connectivity index (χ4v) is 5.08. The third-order valence-electron chi connectivity index (χ3n) is 7.04. The summed E-state index contributed by atoms with van der Waals surface area (Å²) in [6.07, 6.45) is -1.20. The van der Waals surface area contributed by atoms with Crippen molar-refractivity contribution in [3.8, 4) is 0 Å². The Bertz CT molecular complexity index is 1220. The summed E-state index contributed by atoms with van der Waals surface area (Å²) in [7, 11) is 0. The van der Waals surface area contributed by atoms with Gasteiger partial charge in [0, 0.05) is 31.2 Å². The van der Waals surface area contributed by atoms with E-state index in [1.54, 1.807) is 29.2 Å². The van der Waals surface area contributed by atoms with Crippen molar-refractivity contribution in [2.45, 2.75) is 50.0 Å². The molecule has 0 bridgehead atoms. The molecule has 11 heteroatoms. The fraction of sp³-hybridized carbons (Fsp3) is 0.440. The molecule has 1 aromatic carbocycles. The number of hydrogen-bond acceptors (Lipinski definition) is 4. The van der Waals surface area contributed by atoms with Crippen LogP contribution in [-0.4, -0.2) is 50.7 Å². The van der Waals surface area contributed by atoms with Crippen molar-refractivity contribution in [2.75, 3.05) is 18.4 Å². The number of anilines is 1. The summed E-state index contributed by atoms with van der Waals surface area (Å²) in [4.78, 5) is 18.4. The number of urea groups is 1. The number of nitrogens with zero attached hydrogens (tertiary/aromatic N) is 3. The van der Waals surface area contributed by atoms with Crippen LogP contribution in [0.4, 0.5) is 28.2 Å². The van der Waals surface area contributed by atoms with Gasteiger partial charge in [-0.25, -0.2) is 14.2 Å². The van der Waals surface area contributed by atoms with Gasteiger partial charge in [-0.1, -0.05) is 18.2 Å². The lowest BCUT2D eigenvalue weighted by atomic mass is 9.83. The molecule has 7 nitrogen and oxygen atoms in total. The molecule has 2 fully saturated rings. The summed E-state index contributed by atoms with van der Waals surface area (Å²) in [5, 5.41) is 16.0. The number of nitrogens with one attached hydrogen (secondary N) is 2. The van der Waals surface area contributed by atoms with Crippen molar-refractivity contribution in [1.29, 1.82) is 0 Å². The number of amides is 2. The van der Waals surface area contributed by atoms with Crippen molar-refractivity contribution < 1.29 is 27.5 Å². The molecule has 1 saturated carbocycles. The predicted molar refractivity (Wildman–Crippen MR) is 125 cm³/mol. The second kappa shape index (κ2) is 9.61. The summed E-state index contributed by atoms with van der Waals surface area (Å²) in [5.74, 6) is 0.0315. The van der Waals surface area contributed by atoms with Crippen LogP contribution in [0.5, 0.6) is 0 Å². The molecule has 0 spiro atoms. The second-order valence-electron chi connectivity index (χ2n) is 9.51. The molecule has 3 heterocycles. The zero-order valence-corrected chi connectivity index (χ0v) is 19.4. The van der Waals surface area contributed by atoms with Gasteiger partial charge in [0.25, 0.3) is 0 Å². The van der Waals surface area contributed by atoms with Crippen LogP contribution >= 0.6 is 0 Å². The minimum atomic E-state index is -4.55. The highest BCUT2D eigenvalue weighted by molar-refractivity contribution is 5.76. The quantitative estimate of drug-likeness (QED) is 0.443. The number of carbonyl (C=O) groups excluding carboxylic acids is 1. The number of likely N-dealkylation sites (tertiary alicyclic amines) is 1. The summed E-state index contributed by atoms with van der Waals surface area (Å²) in [6, 6.07) is 10.3. The number of carbonyl (C=O) groups is 1. The number of alkyl halides is 3. The lowest BCUT2D eigenvalue weighted by molar-refractivity contribution is -0.140. The molecule has 5 rings (SSSR count). The topological polar surface area (TPSA) is 81.9 Å². The molecular formula is C25H27F4N5O2. The van der Waals surface area contributed by atoms with Crippen LogP contribution in [0.3, 0.4) is 0 Å². The Labute approximate surface area is 205 Å². The summed E-state index contributed by atoms with van der Waals surface area (Å²) in [5.41, 5.74) is -0.0128. The van der Waals surface area contributed by atoms with E-state index in [4.69, 9.17) is 0 Å². The Morgan fingerprint density at radius 1 is 1.08 bits per heavy atom. The number of rotatable bonds is 5. The Morgan fingerprint density at radius 2 is 1.81 bits per heavy atom. The van der Waals surface area contributed by atoms with E-state index in [2.05, 4.69) is 15.6 Å². The zero-order valence-electron chi connectivity index (χ0n) is 19.4. The van der Waals surface area contributed by atoms with E-state index in [1.165, 1.54) is 22.6 Å². The van der Waals surface area contributed by atoms with Gasteiger partial charge < -0.3 is 20.6 Å². The van der Waals surface area contributed by atoms with Crippen molar-refractivity contribution >= 4 is 17.5 Å². The van der Waals surface area contributed by atoms with E-state index >= 15 is 0 Å². The van der Waals surface area contributed by atoms with Gasteiger partial charge in [-0.15, -0.1) is 0 Å². The molecule has 1 aliphatic carbocycles. The van der Waals surface area contributed by atoms with Crippen LogP contribution in [-0.2, 0) is 6.18 Å². The predicted octanol–water partition coefficient (Wildman–Crippen LogP) is 4.59. The number of benzene rings is 1. The van der Waals surface area contributed by atoms with Crippen LogP contribution in [0, 0.1) is 11.7 Å². The maximum atomic E-state index is 13.6. The number of halogens is 4. The largest absolute Gasteiger partial charge is 0.434 e. The average Bonchev–Trinajstić information content (AvgIpc) is 3.27. The van der Waals surface area contributed by atoms with Crippen LogP contribution in [0.15, 0.2) is 48.7 Å². The Hall–Kier alpha value is -3.34. The van der Waals surface area contributed by atoms with E-state index in [0.29, 0.717) is 44.6 Å². The molecule has 2 atom stereocenters. The fourth-order valence-electron chi connectivity index (χ4n) is 5.08. The first-order chi connectivity index (χ1) is 17.2. The van der Waals surface area contributed by atoms with Crippen molar-refractivity contribution in [2.24, 2.45) is 5.92 Å². The van der Waals surface area contributed by atoms with E-state index in [9.17, 15) is 27.5 Å². The normalized spacial score (nSPS) is 24.4. The van der Waals surface area contributed by atoms with Gasteiger partial charge in [0.2, 0.25) is 0 Å². The van der Waals surface area contributed by atoms with Gasteiger partial charge in [-0.05, 0) is 55.5 Å². The molecule has 0 radical (unpaired) electrons.